The quantitative estimate of drug-likeness (QED) is 0.640. The summed E-state index contributed by atoms with van der Waals surface area (Å²) in [6, 6.07) is 7.71. The van der Waals surface area contributed by atoms with Crippen molar-refractivity contribution in [2.24, 2.45) is 0 Å². The van der Waals surface area contributed by atoms with Crippen LogP contribution >= 0.6 is 0 Å². The molecule has 0 aromatic heterocycles. The predicted octanol–water partition coefficient (Wildman–Crippen LogP) is -0.0282. The average Bonchev–Trinajstić information content (AvgIpc) is 2.43. The van der Waals surface area contributed by atoms with Gasteiger partial charge in [-0.25, -0.2) is 4.79 Å². The number of rotatable bonds is 5. The Hall–Kier alpha value is -2.37. The molecule has 0 heterocycles. The van der Waals surface area contributed by atoms with Crippen LogP contribution in [0.25, 0.3) is 0 Å². The monoisotopic (exact) mass is 249 g/mol. The zero-order valence-electron chi connectivity index (χ0n) is 9.97. The third kappa shape index (κ3) is 4.25. The highest BCUT2D eigenvalue weighted by molar-refractivity contribution is 5.85. The molecule has 0 aliphatic carbocycles. The van der Waals surface area contributed by atoms with Crippen molar-refractivity contribution < 1.29 is 14.4 Å². The summed E-state index contributed by atoms with van der Waals surface area (Å²) < 4.78 is 0. The molecule has 0 saturated carbocycles. The summed E-state index contributed by atoms with van der Waals surface area (Å²) in [6.07, 6.45) is 0.646. The van der Waals surface area contributed by atoms with Crippen LogP contribution in [0.2, 0.25) is 0 Å². The lowest BCUT2D eigenvalue weighted by Crippen LogP contribution is -2.42. The van der Waals surface area contributed by atoms with Crippen LogP contribution in [0.1, 0.15) is 11.6 Å². The Morgan fingerprint density at radius 1 is 1.28 bits per heavy atom. The summed E-state index contributed by atoms with van der Waals surface area (Å²) in [7, 11) is 1.45. The largest absolute Gasteiger partial charge is 0.341 e. The first-order valence-corrected chi connectivity index (χ1v) is 5.42. The molecule has 0 fully saturated rings. The number of carbonyl (C=O) groups is 3. The summed E-state index contributed by atoms with van der Waals surface area (Å²) >= 11 is 0. The van der Waals surface area contributed by atoms with Crippen molar-refractivity contribution in [3.63, 3.8) is 0 Å². The summed E-state index contributed by atoms with van der Waals surface area (Å²) in [4.78, 5) is 33.3. The number of carbonyl (C=O) groups excluding carboxylic acids is 3. The van der Waals surface area contributed by atoms with E-state index in [-0.39, 0.29) is 6.54 Å². The van der Waals surface area contributed by atoms with Crippen LogP contribution in [0.4, 0.5) is 4.79 Å². The minimum absolute atomic E-state index is 0.184. The van der Waals surface area contributed by atoms with E-state index in [1.165, 1.54) is 7.05 Å². The second-order valence-corrected chi connectivity index (χ2v) is 3.52. The minimum atomic E-state index is -0.704. The number of aldehydes is 1. The molecule has 6 heteroatoms. The summed E-state index contributed by atoms with van der Waals surface area (Å²) in [6.45, 7) is -0.184. The standard InChI is InChI=1S/C12H15N3O3/c1-13-12(18)14-7-11(17)15-10(8-16)9-5-3-2-4-6-9/h2-6,8,10H,7H2,1H3,(H,15,17)(H2,13,14,18). The van der Waals surface area contributed by atoms with Crippen molar-refractivity contribution in [1.29, 1.82) is 0 Å². The molecule has 0 saturated heterocycles. The first-order valence-electron chi connectivity index (χ1n) is 5.42. The lowest BCUT2D eigenvalue weighted by atomic mass is 10.1. The van der Waals surface area contributed by atoms with Crippen molar-refractivity contribution in [3.05, 3.63) is 35.9 Å². The SMILES string of the molecule is CNC(=O)NCC(=O)NC(C=O)c1ccccc1. The van der Waals surface area contributed by atoms with Gasteiger partial charge in [-0.2, -0.15) is 0 Å². The smallest absolute Gasteiger partial charge is 0.314 e. The Bertz CT molecular complexity index is 420. The molecule has 6 nitrogen and oxygen atoms in total. The molecule has 96 valence electrons. The van der Waals surface area contributed by atoms with E-state index < -0.39 is 18.0 Å². The first kappa shape index (κ1) is 13.7. The van der Waals surface area contributed by atoms with Gasteiger partial charge in [-0.3, -0.25) is 4.79 Å². The van der Waals surface area contributed by atoms with Gasteiger partial charge in [0, 0.05) is 7.05 Å². The maximum absolute atomic E-state index is 11.5. The Balaban J connectivity index is 2.51. The summed E-state index contributed by atoms with van der Waals surface area (Å²) in [5.74, 6) is -0.431. The number of nitrogens with one attached hydrogen (secondary N) is 3. The summed E-state index contributed by atoms with van der Waals surface area (Å²) in [5, 5.41) is 7.17. The predicted molar refractivity (Wildman–Crippen MR) is 65.8 cm³/mol. The molecular weight excluding hydrogens is 234 g/mol. The Morgan fingerprint density at radius 3 is 2.50 bits per heavy atom. The molecule has 0 radical (unpaired) electrons. The van der Waals surface area contributed by atoms with E-state index in [0.29, 0.717) is 11.8 Å². The van der Waals surface area contributed by atoms with Crippen LogP contribution in [-0.2, 0) is 9.59 Å². The van der Waals surface area contributed by atoms with Gasteiger partial charge in [0.2, 0.25) is 5.91 Å². The molecule has 0 bridgehead atoms. The third-order valence-corrected chi connectivity index (χ3v) is 2.25. The van der Waals surface area contributed by atoms with E-state index in [1.54, 1.807) is 24.3 Å². The Kier molecular flexibility index (Phi) is 5.37. The number of benzene rings is 1. The van der Waals surface area contributed by atoms with Crippen LogP contribution in [0, 0.1) is 0 Å². The molecule has 1 atom stereocenters. The molecule has 0 spiro atoms. The van der Waals surface area contributed by atoms with Gasteiger partial charge in [-0.05, 0) is 5.56 Å². The maximum Gasteiger partial charge on any atom is 0.314 e. The number of hydrogen-bond acceptors (Lipinski definition) is 3. The topological polar surface area (TPSA) is 87.3 Å². The summed E-state index contributed by atoms with van der Waals surface area (Å²) in [5.41, 5.74) is 0.695. The second kappa shape index (κ2) is 7.05. The minimum Gasteiger partial charge on any atom is -0.341 e. The molecular formula is C12H15N3O3. The van der Waals surface area contributed by atoms with Gasteiger partial charge in [0.15, 0.2) is 0 Å². The number of hydrogen-bond donors (Lipinski definition) is 3. The number of amides is 3. The molecule has 0 aliphatic rings. The van der Waals surface area contributed by atoms with Gasteiger partial charge < -0.3 is 20.7 Å². The molecule has 1 rings (SSSR count). The number of urea groups is 1. The average molecular weight is 249 g/mol. The van der Waals surface area contributed by atoms with Gasteiger partial charge in [0.25, 0.3) is 0 Å². The van der Waals surface area contributed by atoms with Gasteiger partial charge in [-0.15, -0.1) is 0 Å². The molecule has 1 aromatic rings. The van der Waals surface area contributed by atoms with Crippen LogP contribution in [-0.4, -0.2) is 31.8 Å². The third-order valence-electron chi connectivity index (χ3n) is 2.25. The Labute approximate surface area is 105 Å². The highest BCUT2D eigenvalue weighted by Crippen LogP contribution is 2.09. The second-order valence-electron chi connectivity index (χ2n) is 3.52. The highest BCUT2D eigenvalue weighted by Gasteiger charge is 2.13. The molecule has 1 unspecified atom stereocenters. The lowest BCUT2D eigenvalue weighted by Gasteiger charge is -2.13. The van der Waals surface area contributed by atoms with Gasteiger partial charge in [0.05, 0.1) is 6.54 Å². The highest BCUT2D eigenvalue weighted by atomic mass is 16.2. The van der Waals surface area contributed by atoms with Gasteiger partial charge in [0.1, 0.15) is 12.3 Å². The van der Waals surface area contributed by atoms with E-state index in [1.807, 2.05) is 6.07 Å². The van der Waals surface area contributed by atoms with Crippen molar-refractivity contribution in [2.75, 3.05) is 13.6 Å². The van der Waals surface area contributed by atoms with E-state index in [4.69, 9.17) is 0 Å². The fourth-order valence-electron chi connectivity index (χ4n) is 1.33. The van der Waals surface area contributed by atoms with E-state index in [2.05, 4.69) is 16.0 Å². The van der Waals surface area contributed by atoms with Gasteiger partial charge >= 0.3 is 6.03 Å². The zero-order valence-corrected chi connectivity index (χ0v) is 9.97. The Morgan fingerprint density at radius 2 is 1.94 bits per heavy atom. The molecule has 18 heavy (non-hydrogen) atoms. The van der Waals surface area contributed by atoms with E-state index in [0.717, 1.165) is 0 Å². The van der Waals surface area contributed by atoms with Crippen molar-refractivity contribution in [2.45, 2.75) is 6.04 Å². The maximum atomic E-state index is 11.5. The first-order chi connectivity index (χ1) is 8.67. The fraction of sp³-hybridized carbons (Fsp3) is 0.250. The normalized spacial score (nSPS) is 11.2. The van der Waals surface area contributed by atoms with E-state index >= 15 is 0 Å². The van der Waals surface area contributed by atoms with Gasteiger partial charge in [-0.1, -0.05) is 30.3 Å². The van der Waals surface area contributed by atoms with Crippen molar-refractivity contribution in [1.82, 2.24) is 16.0 Å². The van der Waals surface area contributed by atoms with Crippen LogP contribution in [0.3, 0.4) is 0 Å². The lowest BCUT2D eigenvalue weighted by molar-refractivity contribution is -0.123. The van der Waals surface area contributed by atoms with Crippen molar-refractivity contribution in [3.8, 4) is 0 Å². The zero-order chi connectivity index (χ0) is 13.4. The van der Waals surface area contributed by atoms with Crippen LogP contribution in [0.15, 0.2) is 30.3 Å². The van der Waals surface area contributed by atoms with E-state index in [9.17, 15) is 14.4 Å². The molecule has 1 aromatic carbocycles. The molecule has 0 aliphatic heterocycles. The van der Waals surface area contributed by atoms with Crippen molar-refractivity contribution >= 4 is 18.2 Å². The molecule has 3 amide bonds. The fourth-order valence-corrected chi connectivity index (χ4v) is 1.33. The molecule has 3 N–H and O–H groups in total. The van der Waals surface area contributed by atoms with Crippen LogP contribution in [0.5, 0.6) is 0 Å². The van der Waals surface area contributed by atoms with Crippen LogP contribution < -0.4 is 16.0 Å².